The second-order valence-corrected chi connectivity index (χ2v) is 8.78. The Hall–Kier alpha value is -3.93. The van der Waals surface area contributed by atoms with Crippen LogP contribution in [0.5, 0.6) is 0 Å². The number of esters is 1. The molecule has 0 saturated carbocycles. The Kier molecular flexibility index (Phi) is 5.01. The van der Waals surface area contributed by atoms with E-state index in [-0.39, 0.29) is 17.4 Å². The first-order chi connectivity index (χ1) is 15.9. The zero-order valence-corrected chi connectivity index (χ0v) is 18.8. The van der Waals surface area contributed by atoms with E-state index in [1.807, 2.05) is 30.3 Å². The highest BCUT2D eigenvalue weighted by molar-refractivity contribution is 6.26. The minimum Gasteiger partial charge on any atom is -0.465 e. The van der Waals surface area contributed by atoms with E-state index in [2.05, 4.69) is 13.8 Å². The largest absolute Gasteiger partial charge is 0.465 e. The lowest BCUT2D eigenvalue weighted by atomic mass is 9.98. The number of benzene rings is 3. The van der Waals surface area contributed by atoms with Gasteiger partial charge in [-0.3, -0.25) is 14.2 Å². The molecule has 1 aliphatic rings. The maximum absolute atomic E-state index is 13.7. The molecule has 0 atom stereocenters. The summed E-state index contributed by atoms with van der Waals surface area (Å²) in [5.41, 5.74) is 3.18. The topological polar surface area (TPSA) is 68.6 Å². The van der Waals surface area contributed by atoms with E-state index in [0.29, 0.717) is 46.6 Å². The molecule has 0 aliphatic carbocycles. The molecule has 33 heavy (non-hydrogen) atoms. The number of carbonyl (C=O) groups is 3. The lowest BCUT2D eigenvalue weighted by Crippen LogP contribution is -2.27. The maximum atomic E-state index is 13.7. The van der Waals surface area contributed by atoms with Crippen molar-refractivity contribution in [2.75, 3.05) is 13.7 Å². The number of fused-ring (bicyclic) bond motifs is 5. The number of nitrogens with zero attached hydrogens (tertiary/aromatic N) is 2. The van der Waals surface area contributed by atoms with E-state index in [1.54, 1.807) is 39.8 Å². The highest BCUT2D eigenvalue weighted by Crippen LogP contribution is 2.40. The summed E-state index contributed by atoms with van der Waals surface area (Å²) in [6.45, 7) is 5.18. The summed E-state index contributed by atoms with van der Waals surface area (Å²) in [5.74, 6) is -0.575. The van der Waals surface area contributed by atoms with Crippen LogP contribution in [0.2, 0.25) is 0 Å². The summed E-state index contributed by atoms with van der Waals surface area (Å²) < 4.78 is 6.64. The zero-order valence-electron chi connectivity index (χ0n) is 18.8. The predicted molar refractivity (Wildman–Crippen MR) is 127 cm³/mol. The molecule has 2 heterocycles. The molecule has 0 radical (unpaired) electrons. The molecular weight excluding hydrogens is 416 g/mol. The minimum atomic E-state index is -0.539. The van der Waals surface area contributed by atoms with E-state index >= 15 is 0 Å². The third-order valence-corrected chi connectivity index (χ3v) is 6.10. The fourth-order valence-corrected chi connectivity index (χ4v) is 4.80. The van der Waals surface area contributed by atoms with E-state index in [1.165, 1.54) is 7.11 Å². The molecule has 166 valence electrons. The maximum Gasteiger partial charge on any atom is 0.340 e. The average Bonchev–Trinajstić information content (AvgIpc) is 3.32. The predicted octanol–water partition coefficient (Wildman–Crippen LogP) is 4.88. The monoisotopic (exact) mass is 440 g/mol. The van der Waals surface area contributed by atoms with Gasteiger partial charge in [0.1, 0.15) is 0 Å². The molecule has 0 fully saturated rings. The number of hydrogen-bond acceptors (Lipinski definition) is 4. The van der Waals surface area contributed by atoms with Crippen LogP contribution >= 0.6 is 0 Å². The lowest BCUT2D eigenvalue weighted by Gasteiger charge is -2.17. The molecule has 0 unspecified atom stereocenters. The van der Waals surface area contributed by atoms with Crippen molar-refractivity contribution < 1.29 is 19.1 Å². The van der Waals surface area contributed by atoms with Crippen LogP contribution in [-0.4, -0.2) is 40.9 Å². The molecule has 0 spiro atoms. The summed E-state index contributed by atoms with van der Waals surface area (Å²) in [6.07, 6.45) is 0. The van der Waals surface area contributed by atoms with Crippen LogP contribution in [-0.2, 0) is 11.3 Å². The van der Waals surface area contributed by atoms with Crippen molar-refractivity contribution in [3.63, 3.8) is 0 Å². The Morgan fingerprint density at radius 3 is 2.42 bits per heavy atom. The third-order valence-electron chi connectivity index (χ3n) is 6.10. The van der Waals surface area contributed by atoms with E-state index < -0.39 is 5.97 Å². The molecule has 3 aromatic carbocycles. The number of amides is 1. The van der Waals surface area contributed by atoms with Gasteiger partial charge in [-0.2, -0.15) is 0 Å². The molecule has 5 rings (SSSR count). The van der Waals surface area contributed by atoms with Crippen LogP contribution in [0, 0.1) is 5.92 Å². The highest BCUT2D eigenvalue weighted by atomic mass is 16.5. The molecule has 6 heteroatoms. The van der Waals surface area contributed by atoms with Gasteiger partial charge >= 0.3 is 5.97 Å². The van der Waals surface area contributed by atoms with Gasteiger partial charge in [-0.25, -0.2) is 4.79 Å². The van der Waals surface area contributed by atoms with Gasteiger partial charge in [-0.1, -0.05) is 50.2 Å². The summed E-state index contributed by atoms with van der Waals surface area (Å²) in [6, 6.07) is 18.1. The SMILES string of the molecule is COC(=O)c1cc2c(c3c4ccccc4n(C(=O)c4ccccc4)c13)C(=O)N(CC(C)C)C2. The first kappa shape index (κ1) is 20.9. The zero-order chi connectivity index (χ0) is 23.3. The van der Waals surface area contributed by atoms with Gasteiger partial charge < -0.3 is 9.64 Å². The fourth-order valence-electron chi connectivity index (χ4n) is 4.80. The Bertz CT molecular complexity index is 1430. The van der Waals surface area contributed by atoms with E-state index in [9.17, 15) is 14.4 Å². The van der Waals surface area contributed by atoms with Crippen LogP contribution in [0.3, 0.4) is 0 Å². The molecule has 1 aromatic heterocycles. The van der Waals surface area contributed by atoms with Gasteiger partial charge in [0, 0.05) is 29.4 Å². The first-order valence-electron chi connectivity index (χ1n) is 11.0. The van der Waals surface area contributed by atoms with Gasteiger partial charge in [-0.05, 0) is 35.7 Å². The van der Waals surface area contributed by atoms with Gasteiger partial charge in [0.2, 0.25) is 0 Å². The number of methoxy groups -OCH3 is 1. The van der Waals surface area contributed by atoms with E-state index in [4.69, 9.17) is 4.74 Å². The summed E-state index contributed by atoms with van der Waals surface area (Å²) >= 11 is 0. The quantitative estimate of drug-likeness (QED) is 0.424. The Balaban J connectivity index is 1.90. The van der Waals surface area contributed by atoms with Crippen LogP contribution in [0.15, 0.2) is 60.7 Å². The number of carbonyl (C=O) groups excluding carboxylic acids is 3. The van der Waals surface area contributed by atoms with Crippen molar-refractivity contribution in [1.29, 1.82) is 0 Å². The highest BCUT2D eigenvalue weighted by Gasteiger charge is 2.35. The molecule has 0 bridgehead atoms. The number of ether oxygens (including phenoxy) is 1. The number of hydrogen-bond donors (Lipinski definition) is 0. The van der Waals surface area contributed by atoms with Gasteiger partial charge in [0.25, 0.3) is 11.8 Å². The van der Waals surface area contributed by atoms with Crippen molar-refractivity contribution in [1.82, 2.24) is 9.47 Å². The number of rotatable bonds is 4. The summed E-state index contributed by atoms with van der Waals surface area (Å²) in [4.78, 5) is 41.9. The molecule has 1 amide bonds. The molecular formula is C27H24N2O4. The van der Waals surface area contributed by atoms with Crippen molar-refractivity contribution in [3.8, 4) is 0 Å². The third kappa shape index (κ3) is 3.21. The Labute approximate surface area is 191 Å². The van der Waals surface area contributed by atoms with Crippen LogP contribution < -0.4 is 0 Å². The van der Waals surface area contributed by atoms with E-state index in [0.717, 1.165) is 10.9 Å². The van der Waals surface area contributed by atoms with Gasteiger partial charge in [0.15, 0.2) is 0 Å². The Morgan fingerprint density at radius 1 is 1.03 bits per heavy atom. The first-order valence-corrected chi connectivity index (χ1v) is 11.0. The van der Waals surface area contributed by atoms with Crippen molar-refractivity contribution >= 4 is 39.6 Å². The standard InChI is InChI=1S/C27H24N2O4/c1-16(2)14-28-15-18-13-20(27(32)33-3)24-23(22(18)26(28)31)19-11-7-8-12-21(19)29(24)25(30)17-9-5-4-6-10-17/h4-13,16H,14-15H2,1-3H3. The normalized spacial score (nSPS) is 13.2. The number of aromatic nitrogens is 1. The van der Waals surface area contributed by atoms with Gasteiger partial charge in [-0.15, -0.1) is 0 Å². The molecule has 4 aromatic rings. The summed E-state index contributed by atoms with van der Waals surface area (Å²) in [5, 5.41) is 1.39. The number of para-hydroxylation sites is 1. The Morgan fingerprint density at radius 2 is 1.73 bits per heavy atom. The molecule has 0 N–H and O–H groups in total. The molecule has 6 nitrogen and oxygen atoms in total. The van der Waals surface area contributed by atoms with Crippen molar-refractivity contribution in [2.45, 2.75) is 20.4 Å². The molecule has 1 aliphatic heterocycles. The average molecular weight is 440 g/mol. The summed E-state index contributed by atoms with van der Waals surface area (Å²) in [7, 11) is 1.32. The smallest absolute Gasteiger partial charge is 0.340 e. The lowest BCUT2D eigenvalue weighted by molar-refractivity contribution is 0.0602. The van der Waals surface area contributed by atoms with Crippen LogP contribution in [0.25, 0.3) is 21.8 Å². The fraction of sp³-hybridized carbons (Fsp3) is 0.222. The second kappa shape index (κ2) is 7.89. The van der Waals surface area contributed by atoms with Crippen LogP contribution in [0.4, 0.5) is 0 Å². The minimum absolute atomic E-state index is 0.0739. The second-order valence-electron chi connectivity index (χ2n) is 8.78. The van der Waals surface area contributed by atoms with Gasteiger partial charge in [0.05, 0.1) is 29.3 Å². The van der Waals surface area contributed by atoms with Crippen molar-refractivity contribution in [3.05, 3.63) is 82.9 Å². The van der Waals surface area contributed by atoms with Crippen LogP contribution in [0.1, 0.15) is 50.5 Å². The molecule has 0 saturated heterocycles. The van der Waals surface area contributed by atoms with Crippen molar-refractivity contribution in [2.24, 2.45) is 5.92 Å².